The van der Waals surface area contributed by atoms with E-state index in [0.29, 0.717) is 5.69 Å². The van der Waals surface area contributed by atoms with Gasteiger partial charge in [-0.3, -0.25) is 14.9 Å². The van der Waals surface area contributed by atoms with Crippen LogP contribution >= 0.6 is 11.6 Å². The van der Waals surface area contributed by atoms with Crippen molar-refractivity contribution in [1.82, 2.24) is 0 Å². The minimum Gasteiger partial charge on any atom is -0.391 e. The second-order valence-electron chi connectivity index (χ2n) is 3.76. The Morgan fingerprint density at radius 1 is 1.53 bits per heavy atom. The number of carbonyl (C=O) groups is 1. The summed E-state index contributed by atoms with van der Waals surface area (Å²) in [6.45, 7) is 0.150. The first-order chi connectivity index (χ1) is 7.99. The molecule has 1 saturated heterocycles. The quantitative estimate of drug-likeness (QED) is 0.639. The van der Waals surface area contributed by atoms with Crippen molar-refractivity contribution in [2.45, 2.75) is 12.5 Å². The average Bonchev–Trinajstić information content (AvgIpc) is 2.58. The molecule has 1 aromatic rings. The van der Waals surface area contributed by atoms with Gasteiger partial charge in [-0.15, -0.1) is 0 Å². The van der Waals surface area contributed by atoms with Gasteiger partial charge in [0.05, 0.1) is 29.7 Å². The molecule has 0 aromatic heterocycles. The van der Waals surface area contributed by atoms with Crippen LogP contribution in [0.15, 0.2) is 18.2 Å². The number of hydrogen-bond donors (Lipinski definition) is 1. The number of nitro benzene ring substituents is 1. The molecule has 1 aromatic carbocycles. The molecule has 1 amide bonds. The molecular formula is C10H9ClN2O4. The molecule has 1 atom stereocenters. The van der Waals surface area contributed by atoms with Gasteiger partial charge in [-0.1, -0.05) is 11.6 Å². The van der Waals surface area contributed by atoms with Crippen LogP contribution in [0.5, 0.6) is 0 Å². The predicted molar refractivity (Wildman–Crippen MR) is 61.1 cm³/mol. The predicted octanol–water partition coefficient (Wildman–Crippen LogP) is 1.35. The average molecular weight is 257 g/mol. The van der Waals surface area contributed by atoms with E-state index in [1.54, 1.807) is 0 Å². The van der Waals surface area contributed by atoms with Crippen molar-refractivity contribution in [3.05, 3.63) is 33.3 Å². The van der Waals surface area contributed by atoms with E-state index in [4.69, 9.17) is 11.6 Å². The Bertz CT molecular complexity index is 491. The smallest absolute Gasteiger partial charge is 0.289 e. The highest BCUT2D eigenvalue weighted by Gasteiger charge is 2.30. The van der Waals surface area contributed by atoms with Crippen LogP contribution in [0.2, 0.25) is 5.02 Å². The monoisotopic (exact) mass is 256 g/mol. The van der Waals surface area contributed by atoms with Crippen LogP contribution in [-0.2, 0) is 4.79 Å². The lowest BCUT2D eigenvalue weighted by molar-refractivity contribution is -0.384. The van der Waals surface area contributed by atoms with E-state index in [0.717, 1.165) is 0 Å². The van der Waals surface area contributed by atoms with Crippen molar-refractivity contribution >= 4 is 28.9 Å². The number of benzene rings is 1. The summed E-state index contributed by atoms with van der Waals surface area (Å²) in [5.74, 6) is -0.255. The Kier molecular flexibility index (Phi) is 2.99. The second-order valence-corrected chi connectivity index (χ2v) is 4.16. The van der Waals surface area contributed by atoms with Crippen LogP contribution in [0.1, 0.15) is 6.42 Å². The molecule has 0 saturated carbocycles. The number of nitro groups is 1. The van der Waals surface area contributed by atoms with Gasteiger partial charge in [-0.05, 0) is 12.1 Å². The Labute approximate surface area is 102 Å². The van der Waals surface area contributed by atoms with Gasteiger partial charge in [0.15, 0.2) is 0 Å². The molecular weight excluding hydrogens is 248 g/mol. The van der Waals surface area contributed by atoms with Crippen LogP contribution in [0.3, 0.4) is 0 Å². The summed E-state index contributed by atoms with van der Waals surface area (Å²) in [4.78, 5) is 22.9. The number of aliphatic hydroxyl groups is 1. The Balaban J connectivity index is 2.37. The molecule has 2 rings (SSSR count). The SMILES string of the molecule is O=C1CC(O)CN1c1ccc(Cl)c([N+](=O)[O-])c1. The van der Waals surface area contributed by atoms with Crippen molar-refractivity contribution in [3.8, 4) is 0 Å². The zero-order chi connectivity index (χ0) is 12.6. The molecule has 6 nitrogen and oxygen atoms in total. The van der Waals surface area contributed by atoms with Crippen LogP contribution in [0.25, 0.3) is 0 Å². The number of halogens is 1. The first-order valence-electron chi connectivity index (χ1n) is 4.91. The summed E-state index contributed by atoms with van der Waals surface area (Å²) in [6, 6.07) is 4.12. The van der Waals surface area contributed by atoms with Crippen LogP contribution in [0.4, 0.5) is 11.4 Å². The minimum atomic E-state index is -0.725. The molecule has 1 unspecified atom stereocenters. The minimum absolute atomic E-state index is 0.0194. The number of β-amino-alcohol motifs (C(OH)–C–C–N with tert-alkyl or cyclic N) is 1. The zero-order valence-electron chi connectivity index (χ0n) is 8.67. The summed E-state index contributed by atoms with van der Waals surface area (Å²) in [5.41, 5.74) is 0.126. The first-order valence-corrected chi connectivity index (χ1v) is 5.29. The van der Waals surface area contributed by atoms with Gasteiger partial charge < -0.3 is 10.0 Å². The normalized spacial score (nSPS) is 19.8. The fourth-order valence-electron chi connectivity index (χ4n) is 1.75. The van der Waals surface area contributed by atoms with Crippen molar-refractivity contribution in [1.29, 1.82) is 0 Å². The number of hydrogen-bond acceptors (Lipinski definition) is 4. The first kappa shape index (κ1) is 11.8. The maximum Gasteiger partial charge on any atom is 0.289 e. The van der Waals surface area contributed by atoms with Crippen LogP contribution in [-0.4, -0.2) is 28.6 Å². The van der Waals surface area contributed by atoms with Gasteiger partial charge in [0.1, 0.15) is 5.02 Å². The summed E-state index contributed by atoms with van der Waals surface area (Å²) < 4.78 is 0. The number of nitrogens with zero attached hydrogens (tertiary/aromatic N) is 2. The van der Waals surface area contributed by atoms with E-state index in [2.05, 4.69) is 0 Å². The highest BCUT2D eigenvalue weighted by Crippen LogP contribution is 2.31. The maximum absolute atomic E-state index is 11.5. The highest BCUT2D eigenvalue weighted by molar-refractivity contribution is 6.32. The van der Waals surface area contributed by atoms with E-state index in [1.807, 2.05) is 0 Å². The van der Waals surface area contributed by atoms with Crippen molar-refractivity contribution < 1.29 is 14.8 Å². The second kappa shape index (κ2) is 4.31. The summed E-state index contributed by atoms with van der Waals surface area (Å²) >= 11 is 5.67. The molecule has 1 fully saturated rings. The molecule has 1 aliphatic heterocycles. The topological polar surface area (TPSA) is 83.7 Å². The standard InChI is InChI=1S/C10H9ClN2O4/c11-8-2-1-6(3-9(8)13(16)17)12-5-7(14)4-10(12)15/h1-3,7,14H,4-5H2. The third-order valence-electron chi connectivity index (χ3n) is 2.54. The number of aliphatic hydroxyl groups excluding tert-OH is 1. The van der Waals surface area contributed by atoms with Gasteiger partial charge in [0.25, 0.3) is 5.69 Å². The fourth-order valence-corrected chi connectivity index (χ4v) is 1.93. The van der Waals surface area contributed by atoms with Gasteiger partial charge >= 0.3 is 0 Å². The van der Waals surface area contributed by atoms with E-state index in [-0.39, 0.29) is 29.6 Å². The third-order valence-corrected chi connectivity index (χ3v) is 2.86. The van der Waals surface area contributed by atoms with Gasteiger partial charge in [0, 0.05) is 6.07 Å². The van der Waals surface area contributed by atoms with Gasteiger partial charge in [-0.2, -0.15) is 0 Å². The van der Waals surface area contributed by atoms with E-state index >= 15 is 0 Å². The van der Waals surface area contributed by atoms with Crippen molar-refractivity contribution in [3.63, 3.8) is 0 Å². The Morgan fingerprint density at radius 2 is 2.24 bits per heavy atom. The van der Waals surface area contributed by atoms with Crippen LogP contribution < -0.4 is 4.90 Å². The third kappa shape index (κ3) is 2.22. The van der Waals surface area contributed by atoms with E-state index < -0.39 is 11.0 Å². The number of carbonyl (C=O) groups excluding carboxylic acids is 1. The molecule has 1 aliphatic rings. The lowest BCUT2D eigenvalue weighted by Gasteiger charge is -2.15. The lowest BCUT2D eigenvalue weighted by Crippen LogP contribution is -2.25. The summed E-state index contributed by atoms with van der Waals surface area (Å²) in [7, 11) is 0. The van der Waals surface area contributed by atoms with E-state index in [1.165, 1.54) is 23.1 Å². The largest absolute Gasteiger partial charge is 0.391 e. The highest BCUT2D eigenvalue weighted by atomic mass is 35.5. The van der Waals surface area contributed by atoms with Crippen LogP contribution in [0, 0.1) is 10.1 Å². The molecule has 0 aliphatic carbocycles. The number of rotatable bonds is 2. The maximum atomic E-state index is 11.5. The molecule has 1 N–H and O–H groups in total. The molecule has 17 heavy (non-hydrogen) atoms. The Hall–Kier alpha value is -1.66. The summed E-state index contributed by atoms with van der Waals surface area (Å²) in [6.07, 6.45) is -0.687. The number of anilines is 1. The molecule has 0 bridgehead atoms. The van der Waals surface area contributed by atoms with E-state index in [9.17, 15) is 20.0 Å². The zero-order valence-corrected chi connectivity index (χ0v) is 9.42. The van der Waals surface area contributed by atoms with Crippen molar-refractivity contribution in [2.75, 3.05) is 11.4 Å². The summed E-state index contributed by atoms with van der Waals surface area (Å²) in [5, 5.41) is 20.1. The van der Waals surface area contributed by atoms with Gasteiger partial charge in [0.2, 0.25) is 5.91 Å². The van der Waals surface area contributed by atoms with Crippen molar-refractivity contribution in [2.24, 2.45) is 0 Å². The fraction of sp³-hybridized carbons (Fsp3) is 0.300. The lowest BCUT2D eigenvalue weighted by atomic mass is 10.2. The molecule has 1 heterocycles. The van der Waals surface area contributed by atoms with Gasteiger partial charge in [-0.25, -0.2) is 0 Å². The number of amides is 1. The molecule has 0 radical (unpaired) electrons. The molecule has 0 spiro atoms. The Morgan fingerprint density at radius 3 is 2.76 bits per heavy atom. The molecule has 7 heteroatoms. The molecule has 90 valence electrons.